The van der Waals surface area contributed by atoms with Crippen LogP contribution in [0, 0.1) is 21.4 Å². The molecule has 3 rings (SSSR count). The minimum atomic E-state index is -0.483. The highest BCUT2D eigenvalue weighted by Gasteiger charge is 2.22. The fourth-order valence-corrected chi connectivity index (χ4v) is 2.72. The molecule has 0 aliphatic carbocycles. The van der Waals surface area contributed by atoms with Gasteiger partial charge in [-0.2, -0.15) is 5.26 Å². The standard InChI is InChI=1S/C17H17N5O3/c18-11-12-1-3-13(4-2-12)19-17-15(22(24)25)5-6-16(20-17)21-9-7-14(23)8-10-21/h1-6,14,23H,7-10H2,(H,19,20). The molecule has 0 spiro atoms. The zero-order valence-corrected chi connectivity index (χ0v) is 13.4. The third-order valence-corrected chi connectivity index (χ3v) is 4.12. The maximum absolute atomic E-state index is 11.3. The lowest BCUT2D eigenvalue weighted by Gasteiger charge is -2.30. The predicted molar refractivity (Wildman–Crippen MR) is 92.8 cm³/mol. The van der Waals surface area contributed by atoms with Crippen LogP contribution in [0.15, 0.2) is 36.4 Å². The van der Waals surface area contributed by atoms with Crippen molar-refractivity contribution < 1.29 is 10.0 Å². The number of hydrogen-bond donors (Lipinski definition) is 2. The number of anilines is 3. The van der Waals surface area contributed by atoms with E-state index >= 15 is 0 Å². The lowest BCUT2D eigenvalue weighted by Crippen LogP contribution is -2.36. The summed E-state index contributed by atoms with van der Waals surface area (Å²) < 4.78 is 0. The molecule has 0 radical (unpaired) electrons. The van der Waals surface area contributed by atoms with Gasteiger partial charge >= 0.3 is 5.69 Å². The molecule has 8 heteroatoms. The molecule has 0 amide bonds. The summed E-state index contributed by atoms with van der Waals surface area (Å²) in [5, 5.41) is 32.7. The molecule has 0 atom stereocenters. The summed E-state index contributed by atoms with van der Waals surface area (Å²) in [6.45, 7) is 1.31. The van der Waals surface area contributed by atoms with Gasteiger partial charge in [0.2, 0.25) is 5.82 Å². The van der Waals surface area contributed by atoms with Gasteiger partial charge in [0.1, 0.15) is 5.82 Å². The van der Waals surface area contributed by atoms with Crippen molar-refractivity contribution in [1.29, 1.82) is 5.26 Å². The van der Waals surface area contributed by atoms with E-state index in [1.54, 1.807) is 30.3 Å². The number of pyridine rings is 1. The van der Waals surface area contributed by atoms with Crippen molar-refractivity contribution in [2.24, 2.45) is 0 Å². The van der Waals surface area contributed by atoms with E-state index < -0.39 is 4.92 Å². The largest absolute Gasteiger partial charge is 0.393 e. The molecule has 1 aliphatic heterocycles. The molecule has 0 saturated carbocycles. The van der Waals surface area contributed by atoms with Crippen molar-refractivity contribution >= 4 is 23.0 Å². The number of nitriles is 1. The fraction of sp³-hybridized carbons (Fsp3) is 0.294. The van der Waals surface area contributed by atoms with Crippen LogP contribution in [-0.4, -0.2) is 34.2 Å². The topological polar surface area (TPSA) is 115 Å². The molecule has 2 heterocycles. The molecular formula is C17H17N5O3. The van der Waals surface area contributed by atoms with E-state index in [1.165, 1.54) is 6.07 Å². The first-order valence-electron chi connectivity index (χ1n) is 7.92. The number of hydrogen-bond acceptors (Lipinski definition) is 7. The quantitative estimate of drug-likeness (QED) is 0.649. The van der Waals surface area contributed by atoms with Crippen molar-refractivity contribution in [3.63, 3.8) is 0 Å². The lowest BCUT2D eigenvalue weighted by molar-refractivity contribution is -0.384. The molecule has 8 nitrogen and oxygen atoms in total. The Balaban J connectivity index is 1.88. The van der Waals surface area contributed by atoms with E-state index in [4.69, 9.17) is 5.26 Å². The number of nitrogens with zero attached hydrogens (tertiary/aromatic N) is 4. The fourth-order valence-electron chi connectivity index (χ4n) is 2.72. The summed E-state index contributed by atoms with van der Waals surface area (Å²) in [6.07, 6.45) is 0.999. The lowest BCUT2D eigenvalue weighted by atomic mass is 10.1. The Kier molecular flexibility index (Phi) is 4.77. The van der Waals surface area contributed by atoms with Crippen LogP contribution in [0.1, 0.15) is 18.4 Å². The molecule has 1 aliphatic rings. The maximum atomic E-state index is 11.3. The minimum absolute atomic E-state index is 0.120. The number of benzene rings is 1. The number of nitro groups is 1. The van der Waals surface area contributed by atoms with E-state index in [1.807, 2.05) is 11.0 Å². The van der Waals surface area contributed by atoms with E-state index in [0.717, 1.165) is 0 Å². The number of rotatable bonds is 4. The van der Waals surface area contributed by atoms with Gasteiger partial charge < -0.3 is 15.3 Å². The van der Waals surface area contributed by atoms with Crippen LogP contribution in [0.3, 0.4) is 0 Å². The van der Waals surface area contributed by atoms with Gasteiger partial charge in [-0.3, -0.25) is 10.1 Å². The summed E-state index contributed by atoms with van der Waals surface area (Å²) in [4.78, 5) is 17.2. The zero-order chi connectivity index (χ0) is 17.8. The summed E-state index contributed by atoms with van der Waals surface area (Å²) in [5.74, 6) is 0.784. The second kappa shape index (κ2) is 7.15. The molecule has 2 N–H and O–H groups in total. The molecule has 25 heavy (non-hydrogen) atoms. The van der Waals surface area contributed by atoms with Crippen molar-refractivity contribution in [2.45, 2.75) is 18.9 Å². The van der Waals surface area contributed by atoms with Crippen LogP contribution in [0.4, 0.5) is 23.0 Å². The molecule has 2 aromatic rings. The van der Waals surface area contributed by atoms with Crippen LogP contribution in [-0.2, 0) is 0 Å². The van der Waals surface area contributed by atoms with Gasteiger partial charge in [-0.15, -0.1) is 0 Å². The first kappa shape index (κ1) is 16.7. The zero-order valence-electron chi connectivity index (χ0n) is 13.4. The third kappa shape index (κ3) is 3.84. The third-order valence-electron chi connectivity index (χ3n) is 4.12. The van der Waals surface area contributed by atoms with Crippen LogP contribution >= 0.6 is 0 Å². The Labute approximate surface area is 144 Å². The predicted octanol–water partition coefficient (Wildman–Crippen LogP) is 2.57. The van der Waals surface area contributed by atoms with Crippen molar-refractivity contribution in [3.05, 3.63) is 52.1 Å². The van der Waals surface area contributed by atoms with Gasteiger partial charge in [-0.1, -0.05) is 0 Å². The molecule has 0 unspecified atom stereocenters. The van der Waals surface area contributed by atoms with Crippen molar-refractivity contribution in [1.82, 2.24) is 4.98 Å². The first-order valence-corrected chi connectivity index (χ1v) is 7.92. The maximum Gasteiger partial charge on any atom is 0.311 e. The smallest absolute Gasteiger partial charge is 0.311 e. The summed E-state index contributed by atoms with van der Waals surface area (Å²) in [5.41, 5.74) is 1.000. The summed E-state index contributed by atoms with van der Waals surface area (Å²) in [7, 11) is 0. The second-order valence-corrected chi connectivity index (χ2v) is 5.83. The van der Waals surface area contributed by atoms with Crippen LogP contribution < -0.4 is 10.2 Å². The van der Waals surface area contributed by atoms with Gasteiger partial charge in [-0.05, 0) is 43.2 Å². The Morgan fingerprint density at radius 2 is 1.92 bits per heavy atom. The van der Waals surface area contributed by atoms with Gasteiger partial charge in [0, 0.05) is 24.8 Å². The highest BCUT2D eigenvalue weighted by atomic mass is 16.6. The van der Waals surface area contributed by atoms with Gasteiger partial charge in [0.05, 0.1) is 22.7 Å². The average molecular weight is 339 g/mol. The number of piperidine rings is 1. The normalized spacial score (nSPS) is 14.8. The molecule has 1 saturated heterocycles. The molecule has 128 valence electrons. The monoisotopic (exact) mass is 339 g/mol. The summed E-state index contributed by atoms with van der Waals surface area (Å²) in [6, 6.07) is 11.7. The van der Waals surface area contributed by atoms with Gasteiger partial charge in [0.25, 0.3) is 0 Å². The SMILES string of the molecule is N#Cc1ccc(Nc2nc(N3CCC(O)CC3)ccc2[N+](=O)[O-])cc1. The van der Waals surface area contributed by atoms with Crippen molar-refractivity contribution in [3.8, 4) is 6.07 Å². The Morgan fingerprint density at radius 3 is 2.52 bits per heavy atom. The highest BCUT2D eigenvalue weighted by molar-refractivity contribution is 5.68. The number of aliphatic hydroxyl groups is 1. The Bertz CT molecular complexity index is 808. The highest BCUT2D eigenvalue weighted by Crippen LogP contribution is 2.29. The minimum Gasteiger partial charge on any atom is -0.393 e. The Morgan fingerprint density at radius 1 is 1.24 bits per heavy atom. The van der Waals surface area contributed by atoms with Crippen LogP contribution in [0.2, 0.25) is 0 Å². The average Bonchev–Trinajstić information content (AvgIpc) is 2.63. The number of aromatic nitrogens is 1. The van der Waals surface area contributed by atoms with Crippen molar-refractivity contribution in [2.75, 3.05) is 23.3 Å². The second-order valence-electron chi connectivity index (χ2n) is 5.83. The van der Waals surface area contributed by atoms with Gasteiger partial charge in [-0.25, -0.2) is 4.98 Å². The van der Waals surface area contributed by atoms with E-state index in [2.05, 4.69) is 10.3 Å². The molecule has 1 aromatic carbocycles. The number of aliphatic hydroxyl groups excluding tert-OH is 1. The van der Waals surface area contributed by atoms with Gasteiger partial charge in [0.15, 0.2) is 0 Å². The number of nitrogens with one attached hydrogen (secondary N) is 1. The Hall–Kier alpha value is -3.18. The summed E-state index contributed by atoms with van der Waals surface area (Å²) >= 11 is 0. The van der Waals surface area contributed by atoms with Crippen LogP contribution in [0.25, 0.3) is 0 Å². The van der Waals surface area contributed by atoms with E-state index in [0.29, 0.717) is 43.0 Å². The first-order chi connectivity index (χ1) is 12.1. The molecule has 1 fully saturated rings. The molecular weight excluding hydrogens is 322 g/mol. The van der Waals surface area contributed by atoms with Crippen LogP contribution in [0.5, 0.6) is 0 Å². The van der Waals surface area contributed by atoms with E-state index in [-0.39, 0.29) is 17.6 Å². The van der Waals surface area contributed by atoms with E-state index in [9.17, 15) is 15.2 Å². The molecule has 0 bridgehead atoms. The molecule has 1 aromatic heterocycles.